The van der Waals surface area contributed by atoms with Gasteiger partial charge in [0, 0.05) is 22.6 Å². The molecule has 0 aromatic heterocycles. The van der Waals surface area contributed by atoms with E-state index in [1.165, 1.54) is 19.3 Å². The Morgan fingerprint density at radius 2 is 2.12 bits per heavy atom. The minimum atomic E-state index is 0.645. The molecule has 1 aliphatic carbocycles. The summed E-state index contributed by atoms with van der Waals surface area (Å²) < 4.78 is 0. The number of halogens is 2. The molecule has 0 spiro atoms. The van der Waals surface area contributed by atoms with E-state index in [-0.39, 0.29) is 0 Å². The van der Waals surface area contributed by atoms with E-state index in [0.717, 1.165) is 23.0 Å². The highest BCUT2D eigenvalue weighted by Crippen LogP contribution is 2.26. The Balaban J connectivity index is 1.94. The number of hydrogen-bond donors (Lipinski definition) is 1. The number of rotatable bonds is 3. The van der Waals surface area contributed by atoms with Gasteiger partial charge in [0.25, 0.3) is 0 Å². The minimum Gasteiger partial charge on any atom is -0.310 e. The maximum Gasteiger partial charge on any atom is 0.0465 e. The molecule has 1 aromatic rings. The SMILES string of the molecule is CC1CCCC1NCc1ccc(Cl)cc1Cl. The molecule has 2 atom stereocenters. The zero-order valence-electron chi connectivity index (χ0n) is 9.47. The van der Waals surface area contributed by atoms with Crippen molar-refractivity contribution in [3.63, 3.8) is 0 Å². The molecule has 16 heavy (non-hydrogen) atoms. The van der Waals surface area contributed by atoms with Crippen molar-refractivity contribution in [2.75, 3.05) is 0 Å². The molecule has 3 heteroatoms. The monoisotopic (exact) mass is 257 g/mol. The molecule has 0 saturated heterocycles. The Morgan fingerprint density at radius 3 is 2.75 bits per heavy atom. The van der Waals surface area contributed by atoms with E-state index >= 15 is 0 Å². The second-order valence-corrected chi connectivity index (χ2v) is 5.47. The Kier molecular flexibility index (Phi) is 4.12. The molecule has 0 amide bonds. The normalized spacial score (nSPS) is 24.9. The molecule has 2 unspecified atom stereocenters. The quantitative estimate of drug-likeness (QED) is 0.853. The van der Waals surface area contributed by atoms with Gasteiger partial charge in [0.2, 0.25) is 0 Å². The molecule has 1 aliphatic rings. The Morgan fingerprint density at radius 1 is 1.31 bits per heavy atom. The molecule has 0 radical (unpaired) electrons. The van der Waals surface area contributed by atoms with Gasteiger partial charge in [0.1, 0.15) is 0 Å². The van der Waals surface area contributed by atoms with Gasteiger partial charge in [-0.25, -0.2) is 0 Å². The van der Waals surface area contributed by atoms with E-state index < -0.39 is 0 Å². The van der Waals surface area contributed by atoms with E-state index in [1.54, 1.807) is 6.07 Å². The van der Waals surface area contributed by atoms with Gasteiger partial charge in [-0.1, -0.05) is 42.6 Å². The third kappa shape index (κ3) is 2.91. The van der Waals surface area contributed by atoms with Crippen molar-refractivity contribution >= 4 is 23.2 Å². The summed E-state index contributed by atoms with van der Waals surface area (Å²) in [7, 11) is 0. The van der Waals surface area contributed by atoms with Crippen LogP contribution in [0.5, 0.6) is 0 Å². The van der Waals surface area contributed by atoms with Crippen LogP contribution in [0.15, 0.2) is 18.2 Å². The van der Waals surface area contributed by atoms with Gasteiger partial charge in [-0.2, -0.15) is 0 Å². The number of hydrogen-bond acceptors (Lipinski definition) is 1. The summed E-state index contributed by atoms with van der Waals surface area (Å²) in [6.45, 7) is 3.15. The third-order valence-electron chi connectivity index (χ3n) is 3.43. The maximum atomic E-state index is 6.13. The van der Waals surface area contributed by atoms with Gasteiger partial charge in [-0.05, 0) is 36.5 Å². The highest BCUT2D eigenvalue weighted by molar-refractivity contribution is 6.35. The summed E-state index contributed by atoms with van der Waals surface area (Å²) in [5, 5.41) is 5.03. The van der Waals surface area contributed by atoms with Crippen molar-refractivity contribution in [3.05, 3.63) is 33.8 Å². The molecule has 0 aliphatic heterocycles. The molecular formula is C13H17Cl2N. The summed E-state index contributed by atoms with van der Waals surface area (Å²) in [6.07, 6.45) is 3.96. The predicted octanol–water partition coefficient (Wildman–Crippen LogP) is 4.27. The second-order valence-electron chi connectivity index (χ2n) is 4.63. The molecular weight excluding hydrogens is 241 g/mol. The van der Waals surface area contributed by atoms with Crippen molar-refractivity contribution < 1.29 is 0 Å². The van der Waals surface area contributed by atoms with Crippen LogP contribution >= 0.6 is 23.2 Å². The summed E-state index contributed by atoms with van der Waals surface area (Å²) in [6, 6.07) is 6.34. The van der Waals surface area contributed by atoms with E-state index in [1.807, 2.05) is 12.1 Å². The van der Waals surface area contributed by atoms with Gasteiger partial charge < -0.3 is 5.32 Å². The molecule has 0 heterocycles. The van der Waals surface area contributed by atoms with Crippen LogP contribution < -0.4 is 5.32 Å². The van der Waals surface area contributed by atoms with Crippen LogP contribution in [0.25, 0.3) is 0 Å². The minimum absolute atomic E-state index is 0.645. The Labute approximate surface area is 107 Å². The standard InChI is InChI=1S/C13H17Cl2N/c1-9-3-2-4-13(9)16-8-10-5-6-11(14)7-12(10)15/h5-7,9,13,16H,2-4,8H2,1H3. The number of nitrogens with one attached hydrogen (secondary N) is 1. The predicted molar refractivity (Wildman–Crippen MR) is 70.1 cm³/mol. The number of benzene rings is 1. The fraction of sp³-hybridized carbons (Fsp3) is 0.538. The molecule has 1 aromatic carbocycles. The third-order valence-corrected chi connectivity index (χ3v) is 4.02. The van der Waals surface area contributed by atoms with Gasteiger partial charge in [-0.15, -0.1) is 0 Å². The van der Waals surface area contributed by atoms with Crippen molar-refractivity contribution in [1.29, 1.82) is 0 Å². The topological polar surface area (TPSA) is 12.0 Å². The molecule has 0 bridgehead atoms. The van der Waals surface area contributed by atoms with Crippen LogP contribution in [0.1, 0.15) is 31.7 Å². The van der Waals surface area contributed by atoms with Crippen LogP contribution in [0.3, 0.4) is 0 Å². The van der Waals surface area contributed by atoms with Gasteiger partial charge in [0.05, 0.1) is 0 Å². The van der Waals surface area contributed by atoms with Crippen LogP contribution in [0.2, 0.25) is 10.0 Å². The lowest BCUT2D eigenvalue weighted by atomic mass is 10.1. The maximum absolute atomic E-state index is 6.13. The van der Waals surface area contributed by atoms with Crippen LogP contribution in [0.4, 0.5) is 0 Å². The second kappa shape index (κ2) is 5.39. The zero-order chi connectivity index (χ0) is 11.5. The average molecular weight is 258 g/mol. The lowest BCUT2D eigenvalue weighted by Gasteiger charge is -2.17. The Bertz CT molecular complexity index is 365. The van der Waals surface area contributed by atoms with E-state index in [2.05, 4.69) is 12.2 Å². The van der Waals surface area contributed by atoms with Gasteiger partial charge in [-0.3, -0.25) is 0 Å². The lowest BCUT2D eigenvalue weighted by Crippen LogP contribution is -2.30. The smallest absolute Gasteiger partial charge is 0.0465 e. The van der Waals surface area contributed by atoms with Crippen molar-refractivity contribution in [1.82, 2.24) is 5.32 Å². The summed E-state index contributed by atoms with van der Waals surface area (Å²) in [5.41, 5.74) is 1.13. The van der Waals surface area contributed by atoms with E-state index in [0.29, 0.717) is 11.1 Å². The fourth-order valence-electron chi connectivity index (χ4n) is 2.35. The fourth-order valence-corrected chi connectivity index (χ4v) is 2.83. The first-order chi connectivity index (χ1) is 7.66. The summed E-state index contributed by atoms with van der Waals surface area (Å²) in [4.78, 5) is 0. The molecule has 2 rings (SSSR count). The van der Waals surface area contributed by atoms with Crippen molar-refractivity contribution in [3.8, 4) is 0 Å². The van der Waals surface area contributed by atoms with Crippen LogP contribution in [-0.4, -0.2) is 6.04 Å². The average Bonchev–Trinajstić information content (AvgIpc) is 2.63. The molecule has 1 N–H and O–H groups in total. The largest absolute Gasteiger partial charge is 0.310 e. The molecule has 1 nitrogen and oxygen atoms in total. The van der Waals surface area contributed by atoms with Gasteiger partial charge in [0.15, 0.2) is 0 Å². The lowest BCUT2D eigenvalue weighted by molar-refractivity contribution is 0.426. The van der Waals surface area contributed by atoms with Crippen LogP contribution in [0, 0.1) is 5.92 Å². The van der Waals surface area contributed by atoms with Crippen molar-refractivity contribution in [2.24, 2.45) is 5.92 Å². The zero-order valence-corrected chi connectivity index (χ0v) is 11.0. The van der Waals surface area contributed by atoms with E-state index in [4.69, 9.17) is 23.2 Å². The molecule has 1 saturated carbocycles. The van der Waals surface area contributed by atoms with Crippen molar-refractivity contribution in [2.45, 2.75) is 38.8 Å². The van der Waals surface area contributed by atoms with Gasteiger partial charge >= 0.3 is 0 Å². The molecule has 88 valence electrons. The Hall–Kier alpha value is -0.240. The first-order valence-corrected chi connectivity index (χ1v) is 6.59. The summed E-state index contributed by atoms with van der Waals surface area (Å²) in [5.74, 6) is 0.783. The highest BCUT2D eigenvalue weighted by Gasteiger charge is 2.22. The first kappa shape index (κ1) is 12.2. The van der Waals surface area contributed by atoms with E-state index in [9.17, 15) is 0 Å². The summed E-state index contributed by atoms with van der Waals surface area (Å²) >= 11 is 12.0. The van der Waals surface area contributed by atoms with Crippen LogP contribution in [-0.2, 0) is 6.54 Å². The highest BCUT2D eigenvalue weighted by atomic mass is 35.5. The first-order valence-electron chi connectivity index (χ1n) is 5.84. The molecule has 1 fully saturated rings.